The lowest BCUT2D eigenvalue weighted by Crippen LogP contribution is -2.25. The third-order valence-corrected chi connectivity index (χ3v) is 2.02. The molecule has 0 aliphatic carbocycles. The minimum absolute atomic E-state index is 0.0138. The van der Waals surface area contributed by atoms with Crippen molar-refractivity contribution < 1.29 is 9.84 Å². The van der Waals surface area contributed by atoms with Gasteiger partial charge in [-0.15, -0.1) is 0 Å². The second-order valence-corrected chi connectivity index (χ2v) is 3.53. The van der Waals surface area contributed by atoms with Crippen molar-refractivity contribution in [2.45, 2.75) is 31.7 Å². The molecule has 66 valence electrons. The fourth-order valence-electron chi connectivity index (χ4n) is 1.44. The molecule has 3 atom stereocenters. The lowest BCUT2D eigenvalue weighted by Gasteiger charge is -2.15. The number of nitrogens with zero attached hydrogens (tertiary/aromatic N) is 1. The first-order valence-corrected chi connectivity index (χ1v) is 4.08. The summed E-state index contributed by atoms with van der Waals surface area (Å²) in [5, 5.41) is 9.34. The lowest BCUT2D eigenvalue weighted by molar-refractivity contribution is 0.0139. The molecule has 1 aliphatic rings. The van der Waals surface area contributed by atoms with E-state index in [1.54, 1.807) is 0 Å². The summed E-state index contributed by atoms with van der Waals surface area (Å²) in [4.78, 5) is 2.08. The number of hydrogen-bond donors (Lipinski definition) is 1. The molecule has 3 unspecified atom stereocenters. The van der Waals surface area contributed by atoms with Crippen LogP contribution < -0.4 is 0 Å². The summed E-state index contributed by atoms with van der Waals surface area (Å²) in [5.41, 5.74) is 0. The van der Waals surface area contributed by atoms with Gasteiger partial charge < -0.3 is 14.7 Å². The van der Waals surface area contributed by atoms with Crippen LogP contribution in [0.25, 0.3) is 0 Å². The first-order valence-electron chi connectivity index (χ1n) is 4.08. The van der Waals surface area contributed by atoms with Crippen molar-refractivity contribution in [3.05, 3.63) is 0 Å². The average Bonchev–Trinajstić information content (AvgIpc) is 2.10. The third kappa shape index (κ3) is 2.43. The highest BCUT2D eigenvalue weighted by Gasteiger charge is 2.30. The second-order valence-electron chi connectivity index (χ2n) is 3.53. The second kappa shape index (κ2) is 3.52. The summed E-state index contributed by atoms with van der Waals surface area (Å²) in [6.07, 6.45) is 0.745. The van der Waals surface area contributed by atoms with E-state index in [0.717, 1.165) is 13.0 Å². The zero-order chi connectivity index (χ0) is 8.43. The molecular formula is C8H17NO2. The summed E-state index contributed by atoms with van der Waals surface area (Å²) >= 11 is 0. The van der Waals surface area contributed by atoms with E-state index in [4.69, 9.17) is 4.74 Å². The van der Waals surface area contributed by atoms with Crippen LogP contribution in [0.3, 0.4) is 0 Å². The molecule has 11 heavy (non-hydrogen) atoms. The van der Waals surface area contributed by atoms with Gasteiger partial charge in [-0.25, -0.2) is 0 Å². The molecular weight excluding hydrogens is 142 g/mol. The van der Waals surface area contributed by atoms with Crippen LogP contribution in [-0.2, 0) is 4.74 Å². The van der Waals surface area contributed by atoms with Gasteiger partial charge in [0.05, 0.1) is 18.3 Å². The molecule has 3 nitrogen and oxygen atoms in total. The van der Waals surface area contributed by atoms with Crippen LogP contribution in [0.2, 0.25) is 0 Å². The number of ether oxygens (including phenoxy) is 1. The van der Waals surface area contributed by atoms with Gasteiger partial charge >= 0.3 is 0 Å². The van der Waals surface area contributed by atoms with E-state index in [1.165, 1.54) is 0 Å². The van der Waals surface area contributed by atoms with Gasteiger partial charge in [-0.3, -0.25) is 0 Å². The van der Waals surface area contributed by atoms with E-state index >= 15 is 0 Å². The standard InChI is InChI=1S/C8H17NO2/c1-6-8(10)4-7(11-6)5-9(2)3/h6-8,10H,4-5H2,1-3H3. The summed E-state index contributed by atoms with van der Waals surface area (Å²) in [6.45, 7) is 2.82. The molecule has 0 aromatic heterocycles. The van der Waals surface area contributed by atoms with Crippen molar-refractivity contribution in [1.82, 2.24) is 4.90 Å². The molecule has 1 heterocycles. The van der Waals surface area contributed by atoms with E-state index in [0.29, 0.717) is 0 Å². The SMILES string of the molecule is CC1OC(CN(C)C)CC1O. The molecule has 0 radical (unpaired) electrons. The highest BCUT2D eigenvalue weighted by atomic mass is 16.5. The molecule has 1 rings (SSSR count). The quantitative estimate of drug-likeness (QED) is 0.619. The zero-order valence-corrected chi connectivity index (χ0v) is 7.45. The van der Waals surface area contributed by atoms with Crippen LogP contribution >= 0.6 is 0 Å². The summed E-state index contributed by atoms with van der Waals surface area (Å²) < 4.78 is 5.49. The van der Waals surface area contributed by atoms with Crippen molar-refractivity contribution >= 4 is 0 Å². The number of rotatable bonds is 2. The molecule has 1 N–H and O–H groups in total. The first kappa shape index (κ1) is 8.97. The van der Waals surface area contributed by atoms with Gasteiger partial charge in [-0.05, 0) is 21.0 Å². The van der Waals surface area contributed by atoms with Crippen LogP contribution in [0.15, 0.2) is 0 Å². The largest absolute Gasteiger partial charge is 0.390 e. The summed E-state index contributed by atoms with van der Waals surface area (Å²) in [7, 11) is 4.03. The fraction of sp³-hybridized carbons (Fsp3) is 1.00. The minimum Gasteiger partial charge on any atom is -0.390 e. The summed E-state index contributed by atoms with van der Waals surface area (Å²) in [5.74, 6) is 0. The van der Waals surface area contributed by atoms with E-state index < -0.39 is 0 Å². The highest BCUT2D eigenvalue weighted by Crippen LogP contribution is 2.19. The van der Waals surface area contributed by atoms with Gasteiger partial charge in [0.15, 0.2) is 0 Å². The predicted octanol–water partition coefficient (Wildman–Crippen LogP) is 0.0863. The van der Waals surface area contributed by atoms with Crippen molar-refractivity contribution in [1.29, 1.82) is 0 Å². The number of aliphatic hydroxyl groups is 1. The first-order chi connectivity index (χ1) is 5.09. The fourth-order valence-corrected chi connectivity index (χ4v) is 1.44. The van der Waals surface area contributed by atoms with Crippen LogP contribution in [0.5, 0.6) is 0 Å². The Bertz CT molecular complexity index is 115. The Balaban J connectivity index is 2.29. The van der Waals surface area contributed by atoms with Crippen molar-refractivity contribution in [2.24, 2.45) is 0 Å². The number of hydrogen-bond acceptors (Lipinski definition) is 3. The Hall–Kier alpha value is -0.120. The van der Waals surface area contributed by atoms with E-state index in [1.807, 2.05) is 21.0 Å². The highest BCUT2D eigenvalue weighted by molar-refractivity contribution is 4.80. The van der Waals surface area contributed by atoms with Crippen molar-refractivity contribution in [3.63, 3.8) is 0 Å². The van der Waals surface area contributed by atoms with Crippen LogP contribution in [-0.4, -0.2) is 49.0 Å². The Labute approximate surface area is 68.0 Å². The number of aliphatic hydroxyl groups excluding tert-OH is 1. The Morgan fingerprint density at radius 1 is 1.55 bits per heavy atom. The molecule has 0 spiro atoms. The maximum atomic E-state index is 9.34. The Kier molecular flexibility index (Phi) is 2.87. The molecule has 0 saturated carbocycles. The van der Waals surface area contributed by atoms with Gasteiger partial charge in [-0.2, -0.15) is 0 Å². The smallest absolute Gasteiger partial charge is 0.0824 e. The maximum absolute atomic E-state index is 9.34. The van der Waals surface area contributed by atoms with E-state index in [-0.39, 0.29) is 18.3 Å². The molecule has 1 aliphatic heterocycles. The summed E-state index contributed by atoms with van der Waals surface area (Å²) in [6, 6.07) is 0. The average molecular weight is 159 g/mol. The zero-order valence-electron chi connectivity index (χ0n) is 7.45. The van der Waals surface area contributed by atoms with Crippen LogP contribution in [0, 0.1) is 0 Å². The Morgan fingerprint density at radius 2 is 2.18 bits per heavy atom. The molecule has 3 heteroatoms. The molecule has 0 aromatic rings. The predicted molar refractivity (Wildman–Crippen MR) is 43.5 cm³/mol. The van der Waals surface area contributed by atoms with Gasteiger partial charge in [-0.1, -0.05) is 0 Å². The Morgan fingerprint density at radius 3 is 2.55 bits per heavy atom. The van der Waals surface area contributed by atoms with Gasteiger partial charge in [0.25, 0.3) is 0 Å². The van der Waals surface area contributed by atoms with Gasteiger partial charge in [0.1, 0.15) is 0 Å². The van der Waals surface area contributed by atoms with E-state index in [2.05, 4.69) is 4.90 Å². The molecule has 1 saturated heterocycles. The van der Waals surface area contributed by atoms with E-state index in [9.17, 15) is 5.11 Å². The number of likely N-dealkylation sites (N-methyl/N-ethyl adjacent to an activating group) is 1. The maximum Gasteiger partial charge on any atom is 0.0824 e. The van der Waals surface area contributed by atoms with Gasteiger partial charge in [0, 0.05) is 13.0 Å². The third-order valence-electron chi connectivity index (χ3n) is 2.02. The minimum atomic E-state index is -0.264. The molecule has 0 aromatic carbocycles. The van der Waals surface area contributed by atoms with Crippen molar-refractivity contribution in [2.75, 3.05) is 20.6 Å². The van der Waals surface area contributed by atoms with Crippen LogP contribution in [0.1, 0.15) is 13.3 Å². The molecule has 0 bridgehead atoms. The lowest BCUT2D eigenvalue weighted by atomic mass is 10.1. The molecule has 1 fully saturated rings. The topological polar surface area (TPSA) is 32.7 Å². The van der Waals surface area contributed by atoms with Crippen LogP contribution in [0.4, 0.5) is 0 Å². The normalized spacial score (nSPS) is 38.5. The van der Waals surface area contributed by atoms with Crippen molar-refractivity contribution in [3.8, 4) is 0 Å². The molecule has 0 amide bonds. The monoisotopic (exact) mass is 159 g/mol. The van der Waals surface area contributed by atoms with Gasteiger partial charge in [0.2, 0.25) is 0 Å².